The van der Waals surface area contributed by atoms with Crippen molar-refractivity contribution < 1.29 is 28.5 Å². The summed E-state index contributed by atoms with van der Waals surface area (Å²) in [7, 11) is 0. The van der Waals surface area contributed by atoms with Crippen LogP contribution in [0.1, 0.15) is 58.8 Å². The average Bonchev–Trinajstić information content (AvgIpc) is 2.55. The summed E-state index contributed by atoms with van der Waals surface area (Å²) in [6.07, 6.45) is 6.17. The molecule has 0 spiro atoms. The van der Waals surface area contributed by atoms with Gasteiger partial charge in [0.2, 0.25) is 0 Å². The lowest BCUT2D eigenvalue weighted by Crippen LogP contribution is -2.28. The van der Waals surface area contributed by atoms with Crippen LogP contribution in [0.3, 0.4) is 0 Å². The third kappa shape index (κ3) is 8.32. The fourth-order valence-electron chi connectivity index (χ4n) is 2.50. The molecule has 6 heteroatoms. The fourth-order valence-corrected chi connectivity index (χ4v) is 2.50. The van der Waals surface area contributed by atoms with E-state index in [1.807, 2.05) is 0 Å². The van der Waals surface area contributed by atoms with Gasteiger partial charge in [-0.15, -0.1) is 0 Å². The number of ether oxygens (including phenoxy) is 4. The van der Waals surface area contributed by atoms with Crippen molar-refractivity contribution in [2.24, 2.45) is 5.92 Å². The molecule has 0 amide bonds. The first kappa shape index (κ1) is 19.9. The van der Waals surface area contributed by atoms with Gasteiger partial charge in [-0.25, -0.2) is 0 Å². The fraction of sp³-hybridized carbons (Fsp3) is 0.882. The second-order valence-electron chi connectivity index (χ2n) is 5.57. The van der Waals surface area contributed by atoms with E-state index in [-0.39, 0.29) is 19.5 Å². The largest absolute Gasteiger partial charge is 0.465 e. The van der Waals surface area contributed by atoms with E-state index in [1.165, 1.54) is 0 Å². The van der Waals surface area contributed by atoms with E-state index >= 15 is 0 Å². The molecule has 1 aliphatic rings. The van der Waals surface area contributed by atoms with Crippen LogP contribution < -0.4 is 0 Å². The number of carbonyl (C=O) groups is 2. The number of hydrogen-bond acceptors (Lipinski definition) is 6. The van der Waals surface area contributed by atoms with Gasteiger partial charge in [-0.1, -0.05) is 12.8 Å². The highest BCUT2D eigenvalue weighted by molar-refractivity contribution is 5.94. The maximum absolute atomic E-state index is 11.8. The lowest BCUT2D eigenvalue weighted by atomic mass is 10.0. The van der Waals surface area contributed by atoms with Crippen molar-refractivity contribution >= 4 is 11.9 Å². The summed E-state index contributed by atoms with van der Waals surface area (Å²) in [6, 6.07) is 0. The van der Waals surface area contributed by atoms with Gasteiger partial charge in [0, 0.05) is 13.2 Å². The number of esters is 2. The van der Waals surface area contributed by atoms with Crippen molar-refractivity contribution in [2.75, 3.05) is 26.4 Å². The van der Waals surface area contributed by atoms with Gasteiger partial charge >= 0.3 is 11.9 Å². The van der Waals surface area contributed by atoms with Crippen LogP contribution >= 0.6 is 0 Å². The Kier molecular flexibility index (Phi) is 10.6. The summed E-state index contributed by atoms with van der Waals surface area (Å²) in [4.78, 5) is 23.6. The lowest BCUT2D eigenvalue weighted by Gasteiger charge is -2.22. The van der Waals surface area contributed by atoms with Gasteiger partial charge in [-0.3, -0.25) is 9.59 Å². The minimum Gasteiger partial charge on any atom is -0.465 e. The Bertz CT molecular complexity index is 320. The highest BCUT2D eigenvalue weighted by Gasteiger charge is 2.28. The monoisotopic (exact) mass is 330 g/mol. The molecular formula is C17H30O6. The summed E-state index contributed by atoms with van der Waals surface area (Å²) in [5.41, 5.74) is 0. The van der Waals surface area contributed by atoms with E-state index in [9.17, 15) is 9.59 Å². The molecular weight excluding hydrogens is 300 g/mol. The van der Waals surface area contributed by atoms with Crippen molar-refractivity contribution in [1.82, 2.24) is 0 Å². The smallest absolute Gasteiger partial charge is 0.320 e. The van der Waals surface area contributed by atoms with Crippen molar-refractivity contribution in [2.45, 2.75) is 65.1 Å². The van der Waals surface area contributed by atoms with Gasteiger partial charge in [0.25, 0.3) is 0 Å². The average molecular weight is 330 g/mol. The summed E-state index contributed by atoms with van der Waals surface area (Å²) in [5, 5.41) is 0. The highest BCUT2D eigenvalue weighted by Crippen LogP contribution is 2.16. The molecule has 0 aliphatic carbocycles. The molecule has 6 nitrogen and oxygen atoms in total. The normalized spacial score (nSPS) is 18.0. The number of hydrogen-bond donors (Lipinski definition) is 0. The first-order valence-corrected chi connectivity index (χ1v) is 8.75. The number of unbranched alkanes of at least 4 members (excludes halogenated alkanes) is 2. The van der Waals surface area contributed by atoms with Crippen LogP contribution in [0.25, 0.3) is 0 Å². The molecule has 0 aromatic rings. The molecule has 1 fully saturated rings. The van der Waals surface area contributed by atoms with Gasteiger partial charge in [0.1, 0.15) is 0 Å². The van der Waals surface area contributed by atoms with E-state index in [0.29, 0.717) is 13.0 Å². The van der Waals surface area contributed by atoms with E-state index in [1.54, 1.807) is 13.8 Å². The van der Waals surface area contributed by atoms with Gasteiger partial charge in [-0.2, -0.15) is 0 Å². The van der Waals surface area contributed by atoms with Crippen LogP contribution in [-0.2, 0) is 28.5 Å². The lowest BCUT2D eigenvalue weighted by molar-refractivity contribution is -0.162. The maximum Gasteiger partial charge on any atom is 0.320 e. The summed E-state index contributed by atoms with van der Waals surface area (Å²) >= 11 is 0. The highest BCUT2D eigenvalue weighted by atomic mass is 16.7. The topological polar surface area (TPSA) is 71.1 Å². The molecule has 0 N–H and O–H groups in total. The quantitative estimate of drug-likeness (QED) is 0.329. The molecule has 1 heterocycles. The molecule has 23 heavy (non-hydrogen) atoms. The van der Waals surface area contributed by atoms with Crippen LogP contribution in [0.4, 0.5) is 0 Å². The minimum absolute atomic E-state index is 0.0597. The first-order valence-electron chi connectivity index (χ1n) is 8.75. The zero-order valence-corrected chi connectivity index (χ0v) is 14.4. The van der Waals surface area contributed by atoms with Crippen LogP contribution in [0.15, 0.2) is 0 Å². The molecule has 1 unspecified atom stereocenters. The third-order valence-electron chi connectivity index (χ3n) is 3.72. The van der Waals surface area contributed by atoms with Crippen LogP contribution in [0.2, 0.25) is 0 Å². The molecule has 1 rings (SSSR count). The molecule has 0 bridgehead atoms. The Morgan fingerprint density at radius 3 is 2.30 bits per heavy atom. The standard InChI is InChI=1S/C17H30O6/c1-3-20-16(18)14(17(19)21-4-2)10-6-5-8-12-22-15-11-7-9-13-23-15/h14-15H,3-13H2,1-2H3. The molecule has 1 aliphatic heterocycles. The molecule has 0 radical (unpaired) electrons. The van der Waals surface area contributed by atoms with Gasteiger partial charge in [0.05, 0.1) is 13.2 Å². The summed E-state index contributed by atoms with van der Waals surface area (Å²) < 4.78 is 21.0. The van der Waals surface area contributed by atoms with Gasteiger partial charge in [-0.05, 0) is 46.0 Å². The van der Waals surface area contributed by atoms with Gasteiger partial charge < -0.3 is 18.9 Å². The minimum atomic E-state index is -0.808. The number of rotatable bonds is 11. The zero-order valence-electron chi connectivity index (χ0n) is 14.4. The first-order chi connectivity index (χ1) is 11.2. The Hall–Kier alpha value is -1.14. The SMILES string of the molecule is CCOC(=O)C(CCCCCOC1CCCCO1)C(=O)OCC. The maximum atomic E-state index is 11.8. The second-order valence-corrected chi connectivity index (χ2v) is 5.57. The Labute approximate surface area is 138 Å². The Morgan fingerprint density at radius 1 is 1.04 bits per heavy atom. The van der Waals surface area contributed by atoms with Crippen LogP contribution in [0.5, 0.6) is 0 Å². The van der Waals surface area contributed by atoms with Crippen molar-refractivity contribution in [3.05, 3.63) is 0 Å². The zero-order chi connectivity index (χ0) is 16.9. The van der Waals surface area contributed by atoms with E-state index in [0.717, 1.165) is 45.1 Å². The Balaban J connectivity index is 2.18. The molecule has 134 valence electrons. The van der Waals surface area contributed by atoms with Crippen molar-refractivity contribution in [3.8, 4) is 0 Å². The molecule has 0 aromatic heterocycles. The molecule has 0 saturated carbocycles. The van der Waals surface area contributed by atoms with E-state index in [2.05, 4.69) is 0 Å². The van der Waals surface area contributed by atoms with E-state index < -0.39 is 17.9 Å². The third-order valence-corrected chi connectivity index (χ3v) is 3.72. The van der Waals surface area contributed by atoms with Crippen molar-refractivity contribution in [1.29, 1.82) is 0 Å². The summed E-state index contributed by atoms with van der Waals surface area (Å²) in [6.45, 7) is 5.42. The summed E-state index contributed by atoms with van der Waals surface area (Å²) in [5.74, 6) is -1.78. The Morgan fingerprint density at radius 2 is 1.74 bits per heavy atom. The van der Waals surface area contributed by atoms with Crippen LogP contribution in [0, 0.1) is 5.92 Å². The number of carbonyl (C=O) groups excluding carboxylic acids is 2. The predicted molar refractivity (Wildman–Crippen MR) is 84.8 cm³/mol. The second kappa shape index (κ2) is 12.3. The molecule has 1 saturated heterocycles. The predicted octanol–water partition coefficient (Wildman–Crippen LogP) is 2.83. The van der Waals surface area contributed by atoms with E-state index in [4.69, 9.17) is 18.9 Å². The van der Waals surface area contributed by atoms with Crippen LogP contribution in [-0.4, -0.2) is 44.7 Å². The molecule has 1 atom stereocenters. The molecule has 0 aromatic carbocycles. The van der Waals surface area contributed by atoms with Crippen molar-refractivity contribution in [3.63, 3.8) is 0 Å². The van der Waals surface area contributed by atoms with Gasteiger partial charge in [0.15, 0.2) is 12.2 Å².